The average molecular weight is 316 g/mol. The Kier molecular flexibility index (Phi) is 4.45. The lowest BCUT2D eigenvalue weighted by atomic mass is 10.1. The molecule has 0 fully saturated rings. The number of benzene rings is 2. The molecule has 4 N–H and O–H groups in total. The molecule has 0 unspecified atom stereocenters. The summed E-state index contributed by atoms with van der Waals surface area (Å²) in [5.41, 5.74) is -0.343. The maximum absolute atomic E-state index is 12.1. The number of phenolic OH excluding ortho intramolecular Hbond substituents is 3. The lowest BCUT2D eigenvalue weighted by molar-refractivity contribution is 0.403. The third-order valence-corrected chi connectivity index (χ3v) is 3.09. The van der Waals surface area contributed by atoms with E-state index >= 15 is 0 Å². The Hall–Kier alpha value is -3.15. The fraction of sp³-hybridized carbons (Fsp3) is 0.118. The summed E-state index contributed by atoms with van der Waals surface area (Å²) in [5, 5.41) is 38.3. The lowest BCUT2D eigenvalue weighted by Gasteiger charge is -2.07. The van der Waals surface area contributed by atoms with Crippen LogP contribution >= 0.6 is 0 Å². The second-order valence-corrected chi connectivity index (χ2v) is 4.49. The SMILES string of the molecule is CC.O=c1c(O)c(-c2ccc(O)c(O)c2)oc2cc(O)ccc12. The van der Waals surface area contributed by atoms with Crippen LogP contribution in [-0.4, -0.2) is 20.4 Å². The van der Waals surface area contributed by atoms with Crippen molar-refractivity contribution in [3.8, 4) is 34.3 Å². The summed E-state index contributed by atoms with van der Waals surface area (Å²) in [6.07, 6.45) is 0. The van der Waals surface area contributed by atoms with Gasteiger partial charge >= 0.3 is 0 Å². The van der Waals surface area contributed by atoms with Gasteiger partial charge in [-0.05, 0) is 30.3 Å². The molecule has 23 heavy (non-hydrogen) atoms. The molecule has 6 nitrogen and oxygen atoms in total. The minimum Gasteiger partial charge on any atom is -0.508 e. The summed E-state index contributed by atoms with van der Waals surface area (Å²) in [5.74, 6) is -1.60. The highest BCUT2D eigenvalue weighted by molar-refractivity contribution is 5.83. The van der Waals surface area contributed by atoms with Gasteiger partial charge in [0.2, 0.25) is 11.2 Å². The molecule has 0 radical (unpaired) electrons. The average Bonchev–Trinajstić information content (AvgIpc) is 2.55. The molecule has 0 bridgehead atoms. The largest absolute Gasteiger partial charge is 0.508 e. The minimum atomic E-state index is -0.654. The first-order valence-corrected chi connectivity index (χ1v) is 6.98. The van der Waals surface area contributed by atoms with Crippen LogP contribution in [0.2, 0.25) is 0 Å². The van der Waals surface area contributed by atoms with Crippen LogP contribution in [0, 0.1) is 0 Å². The fourth-order valence-electron chi connectivity index (χ4n) is 2.03. The zero-order valence-corrected chi connectivity index (χ0v) is 12.6. The van der Waals surface area contributed by atoms with Gasteiger partial charge in [0, 0.05) is 11.6 Å². The molecule has 2 aromatic carbocycles. The predicted molar refractivity (Wildman–Crippen MR) is 85.9 cm³/mol. The van der Waals surface area contributed by atoms with Gasteiger partial charge in [0.1, 0.15) is 11.3 Å². The highest BCUT2D eigenvalue weighted by atomic mass is 16.4. The van der Waals surface area contributed by atoms with Gasteiger partial charge < -0.3 is 24.8 Å². The van der Waals surface area contributed by atoms with Gasteiger partial charge in [0.05, 0.1) is 5.39 Å². The van der Waals surface area contributed by atoms with E-state index in [1.54, 1.807) is 0 Å². The number of rotatable bonds is 1. The minimum absolute atomic E-state index is 0.0872. The van der Waals surface area contributed by atoms with E-state index in [0.29, 0.717) is 0 Å². The summed E-state index contributed by atoms with van der Waals surface area (Å²) in [4.78, 5) is 12.1. The summed E-state index contributed by atoms with van der Waals surface area (Å²) < 4.78 is 5.43. The van der Waals surface area contributed by atoms with Gasteiger partial charge in [0.15, 0.2) is 17.3 Å². The standard InChI is InChI=1S/C15H10O6.C2H6/c16-8-2-3-9-12(6-8)21-15(14(20)13(9)19)7-1-4-10(17)11(18)5-7;1-2/h1-6,16-18,20H;1-2H3. The number of aromatic hydroxyl groups is 4. The van der Waals surface area contributed by atoms with Gasteiger partial charge in [-0.1, -0.05) is 13.8 Å². The molecule has 0 aliphatic heterocycles. The van der Waals surface area contributed by atoms with Crippen LogP contribution in [0.4, 0.5) is 0 Å². The second-order valence-electron chi connectivity index (χ2n) is 4.49. The summed E-state index contributed by atoms with van der Waals surface area (Å²) in [7, 11) is 0. The molecule has 0 amide bonds. The Morgan fingerprint density at radius 1 is 0.870 bits per heavy atom. The van der Waals surface area contributed by atoms with Crippen LogP contribution in [0.5, 0.6) is 23.0 Å². The van der Waals surface area contributed by atoms with Crippen LogP contribution in [0.15, 0.2) is 45.6 Å². The summed E-state index contributed by atoms with van der Waals surface area (Å²) in [6.45, 7) is 4.00. The first-order valence-electron chi connectivity index (χ1n) is 6.98. The number of hydrogen-bond donors (Lipinski definition) is 4. The highest BCUT2D eigenvalue weighted by Crippen LogP contribution is 2.35. The first-order chi connectivity index (χ1) is 11.0. The number of hydrogen-bond acceptors (Lipinski definition) is 6. The van der Waals surface area contributed by atoms with Crippen molar-refractivity contribution < 1.29 is 24.8 Å². The van der Waals surface area contributed by atoms with E-state index < -0.39 is 16.9 Å². The van der Waals surface area contributed by atoms with Crippen molar-refractivity contribution >= 4 is 11.0 Å². The maximum atomic E-state index is 12.1. The van der Waals surface area contributed by atoms with Crippen molar-refractivity contribution in [2.45, 2.75) is 13.8 Å². The predicted octanol–water partition coefficient (Wildman–Crippen LogP) is 3.31. The normalized spacial score (nSPS) is 10.2. The Labute approximate surface area is 131 Å². The van der Waals surface area contributed by atoms with Crippen LogP contribution in [0.25, 0.3) is 22.3 Å². The van der Waals surface area contributed by atoms with Crippen LogP contribution in [0.3, 0.4) is 0 Å². The van der Waals surface area contributed by atoms with Crippen molar-refractivity contribution in [2.75, 3.05) is 0 Å². The van der Waals surface area contributed by atoms with E-state index in [0.717, 1.165) is 6.07 Å². The quantitative estimate of drug-likeness (QED) is 0.513. The van der Waals surface area contributed by atoms with Crippen molar-refractivity contribution in [2.24, 2.45) is 0 Å². The van der Waals surface area contributed by atoms with Crippen LogP contribution in [0.1, 0.15) is 13.8 Å². The molecule has 0 saturated heterocycles. The highest BCUT2D eigenvalue weighted by Gasteiger charge is 2.16. The van der Waals surface area contributed by atoms with E-state index in [1.165, 1.54) is 30.3 Å². The van der Waals surface area contributed by atoms with Crippen molar-refractivity contribution in [3.05, 3.63) is 46.6 Å². The Morgan fingerprint density at radius 2 is 1.57 bits per heavy atom. The van der Waals surface area contributed by atoms with Crippen LogP contribution < -0.4 is 5.43 Å². The summed E-state index contributed by atoms with van der Waals surface area (Å²) >= 11 is 0. The summed E-state index contributed by atoms with van der Waals surface area (Å²) in [6, 6.07) is 7.64. The zero-order chi connectivity index (χ0) is 17.1. The Morgan fingerprint density at radius 3 is 2.22 bits per heavy atom. The molecule has 1 heterocycles. The number of fused-ring (bicyclic) bond motifs is 1. The smallest absolute Gasteiger partial charge is 0.235 e. The van der Waals surface area contributed by atoms with Gasteiger partial charge in [-0.3, -0.25) is 4.79 Å². The fourth-order valence-corrected chi connectivity index (χ4v) is 2.03. The molecule has 120 valence electrons. The monoisotopic (exact) mass is 316 g/mol. The van der Waals surface area contributed by atoms with E-state index in [9.17, 15) is 25.2 Å². The lowest BCUT2D eigenvalue weighted by Crippen LogP contribution is -2.02. The molecule has 6 heteroatoms. The third kappa shape index (κ3) is 2.91. The first kappa shape index (κ1) is 16.2. The van der Waals surface area contributed by atoms with E-state index in [4.69, 9.17) is 4.42 Å². The van der Waals surface area contributed by atoms with Crippen molar-refractivity contribution in [1.82, 2.24) is 0 Å². The Bertz CT molecular complexity index is 911. The molecular formula is C17H16O6. The molecule has 0 spiro atoms. The Balaban J connectivity index is 0.000000924. The molecular weight excluding hydrogens is 300 g/mol. The second kappa shape index (κ2) is 6.31. The molecule has 0 aliphatic rings. The molecule has 3 rings (SSSR count). The zero-order valence-electron chi connectivity index (χ0n) is 12.6. The molecule has 0 saturated carbocycles. The van der Waals surface area contributed by atoms with Crippen molar-refractivity contribution in [3.63, 3.8) is 0 Å². The van der Waals surface area contributed by atoms with Crippen molar-refractivity contribution in [1.29, 1.82) is 0 Å². The molecule has 1 aromatic heterocycles. The van der Waals surface area contributed by atoms with E-state index in [-0.39, 0.29) is 33.8 Å². The van der Waals surface area contributed by atoms with E-state index in [1.807, 2.05) is 13.8 Å². The molecule has 3 aromatic rings. The van der Waals surface area contributed by atoms with Gasteiger partial charge in [0.25, 0.3) is 0 Å². The molecule has 0 aliphatic carbocycles. The maximum Gasteiger partial charge on any atom is 0.235 e. The van der Waals surface area contributed by atoms with Gasteiger partial charge in [-0.25, -0.2) is 0 Å². The van der Waals surface area contributed by atoms with Gasteiger partial charge in [-0.2, -0.15) is 0 Å². The number of phenols is 3. The third-order valence-electron chi connectivity index (χ3n) is 3.09. The van der Waals surface area contributed by atoms with Gasteiger partial charge in [-0.15, -0.1) is 0 Å². The van der Waals surface area contributed by atoms with E-state index in [2.05, 4.69) is 0 Å². The topological polar surface area (TPSA) is 111 Å². The molecule has 0 atom stereocenters. The van der Waals surface area contributed by atoms with Crippen LogP contribution in [-0.2, 0) is 0 Å².